The molecule has 1 saturated heterocycles. The van der Waals surface area contributed by atoms with E-state index in [2.05, 4.69) is 22.3 Å². The Morgan fingerprint density at radius 1 is 1.33 bits per heavy atom. The van der Waals surface area contributed by atoms with Crippen molar-refractivity contribution in [2.75, 3.05) is 30.9 Å². The first kappa shape index (κ1) is 13.0. The minimum atomic E-state index is 0.527. The van der Waals surface area contributed by atoms with Gasteiger partial charge in [-0.1, -0.05) is 13.3 Å². The first-order chi connectivity index (χ1) is 8.79. The minimum Gasteiger partial charge on any atom is -0.476 e. The van der Waals surface area contributed by atoms with Crippen molar-refractivity contribution in [1.29, 1.82) is 0 Å². The topological polar surface area (TPSA) is 63.4 Å². The van der Waals surface area contributed by atoms with E-state index in [1.165, 1.54) is 19.3 Å². The van der Waals surface area contributed by atoms with Gasteiger partial charge in [-0.05, 0) is 31.4 Å². The van der Waals surface area contributed by atoms with Gasteiger partial charge in [0.25, 0.3) is 0 Å². The molecule has 0 unspecified atom stereocenters. The molecule has 0 aromatic carbocycles. The van der Waals surface area contributed by atoms with Crippen LogP contribution < -0.4 is 15.9 Å². The molecule has 0 spiro atoms. The van der Waals surface area contributed by atoms with Crippen molar-refractivity contribution in [3.8, 4) is 5.88 Å². The molecule has 2 heterocycles. The SMILES string of the molecule is CCCOc1nc(NN2CCCCC2)ccc1N. The predicted octanol–water partition coefficient (Wildman–Crippen LogP) is 2.27. The number of hydrogen-bond acceptors (Lipinski definition) is 5. The lowest BCUT2D eigenvalue weighted by Gasteiger charge is -2.27. The molecule has 1 aromatic heterocycles. The molecule has 0 radical (unpaired) electrons. The zero-order chi connectivity index (χ0) is 12.8. The second kappa shape index (κ2) is 6.44. The third-order valence-corrected chi connectivity index (χ3v) is 2.96. The Labute approximate surface area is 108 Å². The fourth-order valence-electron chi connectivity index (χ4n) is 2.00. The molecule has 1 aromatic rings. The van der Waals surface area contributed by atoms with E-state index >= 15 is 0 Å². The van der Waals surface area contributed by atoms with Crippen LogP contribution in [0, 0.1) is 0 Å². The maximum atomic E-state index is 5.83. The number of nitrogens with two attached hydrogens (primary N) is 1. The number of pyridine rings is 1. The highest BCUT2D eigenvalue weighted by atomic mass is 16.5. The maximum absolute atomic E-state index is 5.83. The summed E-state index contributed by atoms with van der Waals surface area (Å²) in [6.07, 6.45) is 4.74. The molecule has 0 amide bonds. The van der Waals surface area contributed by atoms with E-state index in [9.17, 15) is 0 Å². The molecule has 2 rings (SSSR count). The van der Waals surface area contributed by atoms with Crippen molar-refractivity contribution >= 4 is 11.5 Å². The predicted molar refractivity (Wildman–Crippen MR) is 73.5 cm³/mol. The summed E-state index contributed by atoms with van der Waals surface area (Å²) >= 11 is 0. The Morgan fingerprint density at radius 3 is 2.83 bits per heavy atom. The van der Waals surface area contributed by atoms with Crippen LogP contribution in [0.15, 0.2) is 12.1 Å². The van der Waals surface area contributed by atoms with Crippen LogP contribution in [-0.2, 0) is 0 Å². The van der Waals surface area contributed by atoms with E-state index in [4.69, 9.17) is 10.5 Å². The van der Waals surface area contributed by atoms with E-state index in [1.54, 1.807) is 0 Å². The van der Waals surface area contributed by atoms with Gasteiger partial charge in [0.2, 0.25) is 5.88 Å². The van der Waals surface area contributed by atoms with Gasteiger partial charge in [-0.15, -0.1) is 0 Å². The summed E-state index contributed by atoms with van der Waals surface area (Å²) in [6.45, 7) is 4.84. The van der Waals surface area contributed by atoms with Gasteiger partial charge in [0, 0.05) is 13.1 Å². The molecule has 18 heavy (non-hydrogen) atoms. The van der Waals surface area contributed by atoms with E-state index in [0.29, 0.717) is 18.2 Å². The summed E-state index contributed by atoms with van der Waals surface area (Å²) < 4.78 is 5.52. The second-order valence-electron chi connectivity index (χ2n) is 4.60. The molecule has 1 aliphatic rings. The van der Waals surface area contributed by atoms with E-state index in [1.807, 2.05) is 12.1 Å². The Morgan fingerprint density at radius 2 is 2.11 bits per heavy atom. The van der Waals surface area contributed by atoms with Crippen molar-refractivity contribution in [2.24, 2.45) is 0 Å². The highest BCUT2D eigenvalue weighted by Gasteiger charge is 2.11. The Balaban J connectivity index is 1.99. The fourth-order valence-corrected chi connectivity index (χ4v) is 2.00. The molecular formula is C13H22N4O. The number of hydrazine groups is 1. The van der Waals surface area contributed by atoms with Crippen molar-refractivity contribution in [1.82, 2.24) is 9.99 Å². The fraction of sp³-hybridized carbons (Fsp3) is 0.615. The van der Waals surface area contributed by atoms with Crippen LogP contribution in [0.1, 0.15) is 32.6 Å². The average molecular weight is 250 g/mol. The first-order valence-corrected chi connectivity index (χ1v) is 6.70. The number of ether oxygens (including phenoxy) is 1. The molecule has 1 fully saturated rings. The lowest BCUT2D eigenvalue weighted by Crippen LogP contribution is -2.35. The normalized spacial score (nSPS) is 16.5. The van der Waals surface area contributed by atoms with Gasteiger partial charge in [-0.3, -0.25) is 0 Å². The number of nitrogens with zero attached hydrogens (tertiary/aromatic N) is 2. The molecule has 0 saturated carbocycles. The summed E-state index contributed by atoms with van der Waals surface area (Å²) in [6, 6.07) is 3.73. The van der Waals surface area contributed by atoms with Crippen LogP contribution in [0.25, 0.3) is 0 Å². The van der Waals surface area contributed by atoms with Gasteiger partial charge in [-0.2, -0.15) is 4.98 Å². The molecule has 0 aliphatic carbocycles. The summed E-state index contributed by atoms with van der Waals surface area (Å²) in [7, 11) is 0. The Bertz CT molecular complexity index is 377. The highest BCUT2D eigenvalue weighted by molar-refractivity contribution is 5.53. The van der Waals surface area contributed by atoms with Gasteiger partial charge in [0.1, 0.15) is 5.82 Å². The van der Waals surface area contributed by atoms with Crippen LogP contribution in [0.2, 0.25) is 0 Å². The second-order valence-corrected chi connectivity index (χ2v) is 4.60. The average Bonchev–Trinajstić information content (AvgIpc) is 2.40. The zero-order valence-electron chi connectivity index (χ0n) is 11.0. The number of piperidine rings is 1. The Hall–Kier alpha value is -1.49. The number of nitrogens with one attached hydrogen (secondary N) is 1. The molecule has 0 atom stereocenters. The molecule has 1 aliphatic heterocycles. The molecule has 0 bridgehead atoms. The molecule has 5 nitrogen and oxygen atoms in total. The summed E-state index contributed by atoms with van der Waals surface area (Å²) in [5, 5.41) is 2.20. The van der Waals surface area contributed by atoms with Gasteiger partial charge in [0.05, 0.1) is 12.3 Å². The van der Waals surface area contributed by atoms with Crippen molar-refractivity contribution < 1.29 is 4.74 Å². The number of hydrogen-bond donors (Lipinski definition) is 2. The molecular weight excluding hydrogens is 228 g/mol. The maximum Gasteiger partial charge on any atom is 0.239 e. The van der Waals surface area contributed by atoms with Gasteiger partial charge < -0.3 is 15.9 Å². The largest absolute Gasteiger partial charge is 0.476 e. The van der Waals surface area contributed by atoms with Crippen LogP contribution in [0.3, 0.4) is 0 Å². The van der Waals surface area contributed by atoms with E-state index < -0.39 is 0 Å². The monoisotopic (exact) mass is 250 g/mol. The van der Waals surface area contributed by atoms with Crippen LogP contribution in [0.4, 0.5) is 11.5 Å². The third-order valence-electron chi connectivity index (χ3n) is 2.96. The zero-order valence-corrected chi connectivity index (χ0v) is 11.0. The number of anilines is 2. The van der Waals surface area contributed by atoms with Gasteiger partial charge >= 0.3 is 0 Å². The minimum absolute atomic E-state index is 0.527. The third kappa shape index (κ3) is 3.50. The summed E-state index contributed by atoms with van der Waals surface area (Å²) in [4.78, 5) is 4.40. The summed E-state index contributed by atoms with van der Waals surface area (Å²) in [5.41, 5.74) is 9.74. The highest BCUT2D eigenvalue weighted by Crippen LogP contribution is 2.21. The van der Waals surface area contributed by atoms with Crippen LogP contribution >= 0.6 is 0 Å². The standard InChI is InChI=1S/C13H22N4O/c1-2-10-18-13-11(14)6-7-12(15-13)16-17-8-4-3-5-9-17/h6-7H,2-5,8-10,14H2,1H3,(H,15,16). The molecule has 5 heteroatoms. The van der Waals surface area contributed by atoms with Crippen molar-refractivity contribution in [3.05, 3.63) is 12.1 Å². The van der Waals surface area contributed by atoms with Crippen molar-refractivity contribution in [2.45, 2.75) is 32.6 Å². The lowest BCUT2D eigenvalue weighted by atomic mass is 10.2. The van der Waals surface area contributed by atoms with Gasteiger partial charge in [0.15, 0.2) is 0 Å². The van der Waals surface area contributed by atoms with Gasteiger partial charge in [-0.25, -0.2) is 5.01 Å². The number of rotatable bonds is 5. The lowest BCUT2D eigenvalue weighted by molar-refractivity contribution is 0.270. The Kier molecular flexibility index (Phi) is 4.64. The summed E-state index contributed by atoms with van der Waals surface area (Å²) in [5.74, 6) is 1.33. The first-order valence-electron chi connectivity index (χ1n) is 6.70. The number of nitrogen functional groups attached to an aromatic ring is 1. The van der Waals surface area contributed by atoms with E-state index in [0.717, 1.165) is 25.3 Å². The quantitative estimate of drug-likeness (QED) is 0.839. The molecule has 100 valence electrons. The molecule has 3 N–H and O–H groups in total. The van der Waals surface area contributed by atoms with E-state index in [-0.39, 0.29) is 0 Å². The van der Waals surface area contributed by atoms with Crippen LogP contribution in [0.5, 0.6) is 5.88 Å². The smallest absolute Gasteiger partial charge is 0.239 e. The van der Waals surface area contributed by atoms with Crippen molar-refractivity contribution in [3.63, 3.8) is 0 Å². The van der Waals surface area contributed by atoms with Crippen LogP contribution in [-0.4, -0.2) is 29.7 Å². The number of aromatic nitrogens is 1.